The fraction of sp³-hybridized carbons (Fsp3) is 1.00. The largest absolute Gasteiger partial charge is 0.370 e. The molecular formula is C21H34O. The van der Waals surface area contributed by atoms with Crippen LogP contribution in [0.5, 0.6) is 0 Å². The van der Waals surface area contributed by atoms with Gasteiger partial charge in [0.05, 0.1) is 12.2 Å². The smallest absolute Gasteiger partial charge is 0.0847 e. The van der Waals surface area contributed by atoms with E-state index in [1.165, 1.54) is 44.9 Å². The van der Waals surface area contributed by atoms with Crippen LogP contribution in [-0.4, -0.2) is 12.2 Å². The van der Waals surface area contributed by atoms with Gasteiger partial charge in [-0.2, -0.15) is 0 Å². The molecule has 4 saturated carbocycles. The lowest BCUT2D eigenvalue weighted by molar-refractivity contribution is -0.106. The molecule has 5 fully saturated rings. The number of rotatable bonds is 1. The summed E-state index contributed by atoms with van der Waals surface area (Å²) in [6.07, 6.45) is 14.7. The van der Waals surface area contributed by atoms with Crippen molar-refractivity contribution in [1.29, 1.82) is 0 Å². The van der Waals surface area contributed by atoms with Gasteiger partial charge in [0.2, 0.25) is 0 Å². The second-order valence-corrected chi connectivity index (χ2v) is 10.0. The second kappa shape index (κ2) is 4.52. The molecule has 0 unspecified atom stereocenters. The SMILES string of the molecule is CC[C@H]1CC[C@H]2[C@@H]3CC[C@H]4C[C@@H]5O[C@@H]5C[C@]4(C)[C@H]3CC[C@]12C. The Hall–Kier alpha value is -0.0400. The average molecular weight is 303 g/mol. The van der Waals surface area contributed by atoms with Crippen LogP contribution in [0.2, 0.25) is 0 Å². The minimum Gasteiger partial charge on any atom is -0.370 e. The second-order valence-electron chi connectivity index (χ2n) is 10.0. The van der Waals surface area contributed by atoms with Crippen molar-refractivity contribution in [2.75, 3.05) is 0 Å². The Bertz CT molecular complexity index is 473. The highest BCUT2D eigenvalue weighted by Gasteiger charge is 2.63. The van der Waals surface area contributed by atoms with E-state index in [0.717, 1.165) is 29.6 Å². The topological polar surface area (TPSA) is 12.5 Å². The van der Waals surface area contributed by atoms with Crippen molar-refractivity contribution >= 4 is 0 Å². The van der Waals surface area contributed by atoms with Crippen LogP contribution in [0.3, 0.4) is 0 Å². The molecular weight excluding hydrogens is 268 g/mol. The van der Waals surface area contributed by atoms with Crippen LogP contribution in [0.4, 0.5) is 0 Å². The molecule has 22 heavy (non-hydrogen) atoms. The zero-order valence-corrected chi connectivity index (χ0v) is 14.8. The molecule has 4 aliphatic carbocycles. The Kier molecular flexibility index (Phi) is 2.94. The third kappa shape index (κ3) is 1.70. The van der Waals surface area contributed by atoms with Crippen molar-refractivity contribution in [3.63, 3.8) is 0 Å². The summed E-state index contributed by atoms with van der Waals surface area (Å²) in [6.45, 7) is 7.78. The summed E-state index contributed by atoms with van der Waals surface area (Å²) in [5, 5.41) is 0. The van der Waals surface area contributed by atoms with Gasteiger partial charge in [-0.15, -0.1) is 0 Å². The molecule has 1 heteroatoms. The third-order valence-corrected chi connectivity index (χ3v) is 9.60. The van der Waals surface area contributed by atoms with Crippen LogP contribution in [0.25, 0.3) is 0 Å². The number of ether oxygens (including phenoxy) is 1. The van der Waals surface area contributed by atoms with E-state index >= 15 is 0 Å². The molecule has 0 aromatic carbocycles. The van der Waals surface area contributed by atoms with Gasteiger partial charge in [0, 0.05) is 0 Å². The predicted molar refractivity (Wildman–Crippen MR) is 89.6 cm³/mol. The molecule has 1 saturated heterocycles. The van der Waals surface area contributed by atoms with Gasteiger partial charge in [-0.05, 0) is 91.8 Å². The first-order chi connectivity index (χ1) is 10.6. The normalized spacial score (nSPS) is 62.6. The van der Waals surface area contributed by atoms with Gasteiger partial charge in [-0.3, -0.25) is 0 Å². The van der Waals surface area contributed by atoms with E-state index in [9.17, 15) is 0 Å². The van der Waals surface area contributed by atoms with E-state index in [-0.39, 0.29) is 0 Å². The lowest BCUT2D eigenvalue weighted by Crippen LogP contribution is -2.53. The molecule has 124 valence electrons. The zero-order valence-electron chi connectivity index (χ0n) is 14.8. The lowest BCUT2D eigenvalue weighted by Gasteiger charge is -2.60. The summed E-state index contributed by atoms with van der Waals surface area (Å²) in [6, 6.07) is 0. The summed E-state index contributed by atoms with van der Waals surface area (Å²) in [5.74, 6) is 5.11. The van der Waals surface area contributed by atoms with Gasteiger partial charge in [0.15, 0.2) is 0 Å². The molecule has 0 amide bonds. The van der Waals surface area contributed by atoms with Crippen LogP contribution in [0, 0.1) is 40.4 Å². The Balaban J connectivity index is 1.45. The number of fused-ring (bicyclic) bond motifs is 6. The van der Waals surface area contributed by atoms with Crippen LogP contribution in [0.15, 0.2) is 0 Å². The van der Waals surface area contributed by atoms with Crippen molar-refractivity contribution in [3.05, 3.63) is 0 Å². The highest BCUT2D eigenvalue weighted by molar-refractivity contribution is 5.12. The van der Waals surface area contributed by atoms with Crippen molar-refractivity contribution in [1.82, 2.24) is 0 Å². The highest BCUT2D eigenvalue weighted by atomic mass is 16.6. The molecule has 0 aromatic heterocycles. The Morgan fingerprint density at radius 3 is 2.55 bits per heavy atom. The molecule has 1 nitrogen and oxygen atoms in total. The highest BCUT2D eigenvalue weighted by Crippen LogP contribution is 2.69. The minimum atomic E-state index is 0.617. The van der Waals surface area contributed by atoms with Crippen molar-refractivity contribution in [2.45, 2.75) is 90.8 Å². The van der Waals surface area contributed by atoms with E-state index < -0.39 is 0 Å². The maximum absolute atomic E-state index is 5.96. The van der Waals surface area contributed by atoms with Gasteiger partial charge in [-0.25, -0.2) is 0 Å². The van der Waals surface area contributed by atoms with E-state index in [4.69, 9.17) is 4.74 Å². The fourth-order valence-corrected chi connectivity index (χ4v) is 8.30. The monoisotopic (exact) mass is 302 g/mol. The first kappa shape index (κ1) is 14.3. The standard InChI is InChI=1S/C21H34O/c1-4-13-6-8-16-15-7-5-14-11-18-19(22-18)12-21(14,3)17(15)9-10-20(13,16)2/h13-19H,4-12H2,1-3H3/t13-,14-,15-,16-,17-,18-,19+,20+,21-/m0/s1. The molecule has 5 rings (SSSR count). The van der Waals surface area contributed by atoms with Crippen LogP contribution >= 0.6 is 0 Å². The number of epoxide rings is 1. The van der Waals surface area contributed by atoms with Crippen molar-refractivity contribution in [3.8, 4) is 0 Å². The molecule has 1 aliphatic heterocycles. The fourth-order valence-electron chi connectivity index (χ4n) is 8.30. The van der Waals surface area contributed by atoms with Crippen molar-refractivity contribution in [2.24, 2.45) is 40.4 Å². The number of hydrogen-bond donors (Lipinski definition) is 0. The van der Waals surface area contributed by atoms with Gasteiger partial charge in [-0.1, -0.05) is 27.2 Å². The predicted octanol–water partition coefficient (Wildman–Crippen LogP) is 5.43. The zero-order chi connectivity index (χ0) is 15.1. The molecule has 9 atom stereocenters. The summed E-state index contributed by atoms with van der Waals surface area (Å²) < 4.78 is 5.96. The van der Waals surface area contributed by atoms with Gasteiger partial charge >= 0.3 is 0 Å². The summed E-state index contributed by atoms with van der Waals surface area (Å²) in [5.41, 5.74) is 1.30. The molecule has 0 bridgehead atoms. The van der Waals surface area contributed by atoms with Gasteiger partial charge in [0.25, 0.3) is 0 Å². The molecule has 0 aromatic rings. The molecule has 1 heterocycles. The quantitative estimate of drug-likeness (QED) is 0.588. The average Bonchev–Trinajstić information content (AvgIpc) is 3.14. The van der Waals surface area contributed by atoms with Crippen LogP contribution in [-0.2, 0) is 4.74 Å². The summed E-state index contributed by atoms with van der Waals surface area (Å²) in [4.78, 5) is 0. The van der Waals surface area contributed by atoms with Crippen molar-refractivity contribution < 1.29 is 4.74 Å². The summed E-state index contributed by atoms with van der Waals surface area (Å²) >= 11 is 0. The van der Waals surface area contributed by atoms with Gasteiger partial charge < -0.3 is 4.74 Å². The first-order valence-electron chi connectivity index (χ1n) is 10.2. The van der Waals surface area contributed by atoms with E-state index in [1.54, 1.807) is 12.8 Å². The Morgan fingerprint density at radius 2 is 1.73 bits per heavy atom. The molecule has 5 aliphatic rings. The van der Waals surface area contributed by atoms with Crippen LogP contribution < -0.4 is 0 Å². The van der Waals surface area contributed by atoms with Crippen LogP contribution in [0.1, 0.15) is 78.6 Å². The summed E-state index contributed by atoms with van der Waals surface area (Å²) in [7, 11) is 0. The Morgan fingerprint density at radius 1 is 0.909 bits per heavy atom. The Labute approximate surface area is 136 Å². The van der Waals surface area contributed by atoms with E-state index in [2.05, 4.69) is 20.8 Å². The minimum absolute atomic E-state index is 0.617. The van der Waals surface area contributed by atoms with E-state index in [1.807, 2.05) is 0 Å². The maximum Gasteiger partial charge on any atom is 0.0847 e. The lowest BCUT2D eigenvalue weighted by atomic mass is 9.45. The van der Waals surface area contributed by atoms with Gasteiger partial charge in [0.1, 0.15) is 0 Å². The molecule has 0 radical (unpaired) electrons. The third-order valence-electron chi connectivity index (χ3n) is 9.60. The first-order valence-corrected chi connectivity index (χ1v) is 10.2. The molecule has 0 N–H and O–H groups in total. The number of hydrogen-bond acceptors (Lipinski definition) is 1. The van der Waals surface area contributed by atoms with E-state index in [0.29, 0.717) is 23.0 Å². The maximum atomic E-state index is 5.96. The molecule has 0 spiro atoms.